The number of rotatable bonds is 4. The topological polar surface area (TPSA) is 42.9 Å². The summed E-state index contributed by atoms with van der Waals surface area (Å²) in [5.74, 6) is 0.526. The van der Waals surface area contributed by atoms with Gasteiger partial charge in [0, 0.05) is 5.56 Å². The molecule has 3 aromatic rings. The highest BCUT2D eigenvalue weighted by Crippen LogP contribution is 2.29. The minimum atomic E-state index is 0.131. The van der Waals surface area contributed by atoms with Gasteiger partial charge in [0.25, 0.3) is 0 Å². The lowest BCUT2D eigenvalue weighted by Gasteiger charge is -2.05. The molecule has 1 aromatic carbocycles. The van der Waals surface area contributed by atoms with Crippen molar-refractivity contribution in [3.8, 4) is 0 Å². The third-order valence-corrected chi connectivity index (χ3v) is 5.41. The van der Waals surface area contributed by atoms with Crippen LogP contribution in [0.1, 0.15) is 21.5 Å². The molecule has 0 atom stereocenters. The molecule has 3 nitrogen and oxygen atoms in total. The van der Waals surface area contributed by atoms with E-state index in [1.807, 2.05) is 43.5 Å². The Morgan fingerprint density at radius 1 is 1.19 bits per heavy atom. The van der Waals surface area contributed by atoms with Crippen molar-refractivity contribution in [2.45, 2.75) is 18.9 Å². The SMILES string of the molecule is Cc1ccc(C(=O)CSc2ncnc3ccsc23)cc1C. The second-order valence-corrected chi connectivity index (χ2v) is 6.70. The van der Waals surface area contributed by atoms with Crippen molar-refractivity contribution in [1.29, 1.82) is 0 Å². The number of aromatic nitrogens is 2. The molecule has 0 amide bonds. The highest BCUT2D eigenvalue weighted by atomic mass is 32.2. The Kier molecular flexibility index (Phi) is 4.03. The van der Waals surface area contributed by atoms with Gasteiger partial charge in [-0.3, -0.25) is 4.79 Å². The number of carbonyl (C=O) groups excluding carboxylic acids is 1. The zero-order valence-electron chi connectivity index (χ0n) is 11.8. The Hall–Kier alpha value is -1.72. The normalized spacial score (nSPS) is 11.0. The number of Topliss-reactive ketones (excluding diaryl/α,β-unsaturated/α-hetero) is 1. The number of benzene rings is 1. The van der Waals surface area contributed by atoms with E-state index in [4.69, 9.17) is 0 Å². The molecule has 0 aliphatic carbocycles. The number of aryl methyl sites for hydroxylation is 2. The number of thiophene rings is 1. The standard InChI is InChI=1S/C16H14N2OS2/c1-10-3-4-12(7-11(10)2)14(19)8-21-16-15-13(5-6-20-15)17-9-18-16/h3-7,9H,8H2,1-2H3. The van der Waals surface area contributed by atoms with Gasteiger partial charge in [-0.1, -0.05) is 23.9 Å². The predicted molar refractivity (Wildman–Crippen MR) is 88.4 cm³/mol. The van der Waals surface area contributed by atoms with E-state index in [0.717, 1.165) is 26.4 Å². The van der Waals surface area contributed by atoms with Crippen molar-refractivity contribution in [3.63, 3.8) is 0 Å². The fourth-order valence-electron chi connectivity index (χ4n) is 2.00. The van der Waals surface area contributed by atoms with Crippen LogP contribution in [0.25, 0.3) is 10.2 Å². The summed E-state index contributed by atoms with van der Waals surface area (Å²) in [6.45, 7) is 4.08. The summed E-state index contributed by atoms with van der Waals surface area (Å²) in [7, 11) is 0. The number of ketones is 1. The van der Waals surface area contributed by atoms with E-state index in [1.165, 1.54) is 17.3 Å². The first-order chi connectivity index (χ1) is 10.1. The van der Waals surface area contributed by atoms with Crippen molar-refractivity contribution < 1.29 is 4.79 Å². The molecule has 0 spiro atoms. The molecule has 0 saturated carbocycles. The summed E-state index contributed by atoms with van der Waals surface area (Å²) in [5.41, 5.74) is 4.06. The molecule has 2 aromatic heterocycles. The lowest BCUT2D eigenvalue weighted by Crippen LogP contribution is -2.03. The highest BCUT2D eigenvalue weighted by molar-refractivity contribution is 8.00. The van der Waals surface area contributed by atoms with Crippen LogP contribution in [-0.4, -0.2) is 21.5 Å². The van der Waals surface area contributed by atoms with Gasteiger partial charge in [-0.2, -0.15) is 0 Å². The van der Waals surface area contributed by atoms with Crippen LogP contribution in [0.5, 0.6) is 0 Å². The molecule has 5 heteroatoms. The maximum Gasteiger partial charge on any atom is 0.173 e. The van der Waals surface area contributed by atoms with Crippen molar-refractivity contribution in [1.82, 2.24) is 9.97 Å². The molecular weight excluding hydrogens is 300 g/mol. The van der Waals surface area contributed by atoms with Crippen LogP contribution in [0.4, 0.5) is 0 Å². The van der Waals surface area contributed by atoms with Crippen LogP contribution in [0, 0.1) is 13.8 Å². The monoisotopic (exact) mass is 314 g/mol. The number of hydrogen-bond acceptors (Lipinski definition) is 5. The van der Waals surface area contributed by atoms with Gasteiger partial charge in [0.2, 0.25) is 0 Å². The van der Waals surface area contributed by atoms with E-state index in [2.05, 4.69) is 9.97 Å². The van der Waals surface area contributed by atoms with Crippen LogP contribution in [-0.2, 0) is 0 Å². The van der Waals surface area contributed by atoms with Gasteiger partial charge < -0.3 is 0 Å². The molecule has 2 heterocycles. The van der Waals surface area contributed by atoms with Crippen LogP contribution < -0.4 is 0 Å². The average molecular weight is 314 g/mol. The van der Waals surface area contributed by atoms with Crippen molar-refractivity contribution in [3.05, 3.63) is 52.7 Å². The maximum atomic E-state index is 12.3. The molecule has 106 valence electrons. The van der Waals surface area contributed by atoms with Gasteiger partial charge in [0.05, 0.1) is 16.0 Å². The minimum absolute atomic E-state index is 0.131. The second kappa shape index (κ2) is 5.95. The number of hydrogen-bond donors (Lipinski definition) is 0. The Morgan fingerprint density at radius 3 is 2.86 bits per heavy atom. The third kappa shape index (κ3) is 2.99. The molecule has 21 heavy (non-hydrogen) atoms. The summed E-state index contributed by atoms with van der Waals surface area (Å²) in [4.78, 5) is 20.8. The Bertz CT molecular complexity index is 811. The van der Waals surface area contributed by atoms with E-state index in [0.29, 0.717) is 5.75 Å². The quantitative estimate of drug-likeness (QED) is 0.409. The van der Waals surface area contributed by atoms with Crippen molar-refractivity contribution >= 4 is 39.1 Å². The smallest absolute Gasteiger partial charge is 0.173 e. The van der Waals surface area contributed by atoms with Crippen molar-refractivity contribution in [2.24, 2.45) is 0 Å². The zero-order valence-corrected chi connectivity index (χ0v) is 13.4. The van der Waals surface area contributed by atoms with Crippen LogP contribution in [0.3, 0.4) is 0 Å². The number of fused-ring (bicyclic) bond motifs is 1. The van der Waals surface area contributed by atoms with E-state index < -0.39 is 0 Å². The van der Waals surface area contributed by atoms with Gasteiger partial charge in [-0.05, 0) is 42.5 Å². The van der Waals surface area contributed by atoms with Crippen LogP contribution in [0.15, 0.2) is 41.0 Å². The fourth-order valence-corrected chi connectivity index (χ4v) is 3.84. The van der Waals surface area contributed by atoms with E-state index in [1.54, 1.807) is 17.7 Å². The van der Waals surface area contributed by atoms with Gasteiger partial charge in [-0.15, -0.1) is 11.3 Å². The first kappa shape index (κ1) is 14.2. The van der Waals surface area contributed by atoms with Gasteiger partial charge in [0.15, 0.2) is 5.78 Å². The molecule has 0 aliphatic rings. The van der Waals surface area contributed by atoms with E-state index in [9.17, 15) is 4.79 Å². The minimum Gasteiger partial charge on any atom is -0.293 e. The number of thioether (sulfide) groups is 1. The zero-order chi connectivity index (χ0) is 14.8. The van der Waals surface area contributed by atoms with Crippen molar-refractivity contribution in [2.75, 3.05) is 5.75 Å². The summed E-state index contributed by atoms with van der Waals surface area (Å²) >= 11 is 3.09. The average Bonchev–Trinajstić information content (AvgIpc) is 2.96. The summed E-state index contributed by atoms with van der Waals surface area (Å²) in [5, 5.41) is 2.88. The maximum absolute atomic E-state index is 12.3. The Balaban J connectivity index is 1.76. The lowest BCUT2D eigenvalue weighted by atomic mass is 10.0. The first-order valence-corrected chi connectivity index (χ1v) is 8.43. The molecule has 0 fully saturated rings. The van der Waals surface area contributed by atoms with Gasteiger partial charge in [0.1, 0.15) is 11.4 Å². The molecule has 0 radical (unpaired) electrons. The molecule has 0 aliphatic heterocycles. The molecule has 0 unspecified atom stereocenters. The first-order valence-electron chi connectivity index (χ1n) is 6.56. The summed E-state index contributed by atoms with van der Waals surface area (Å²) in [6.07, 6.45) is 1.55. The summed E-state index contributed by atoms with van der Waals surface area (Å²) in [6, 6.07) is 7.82. The van der Waals surface area contributed by atoms with Crippen LogP contribution >= 0.6 is 23.1 Å². The number of carbonyl (C=O) groups is 1. The van der Waals surface area contributed by atoms with Crippen LogP contribution in [0.2, 0.25) is 0 Å². The fraction of sp³-hybridized carbons (Fsp3) is 0.188. The van der Waals surface area contributed by atoms with E-state index in [-0.39, 0.29) is 5.78 Å². The highest BCUT2D eigenvalue weighted by Gasteiger charge is 2.11. The Morgan fingerprint density at radius 2 is 2.05 bits per heavy atom. The third-order valence-electron chi connectivity index (χ3n) is 3.38. The molecule has 0 bridgehead atoms. The van der Waals surface area contributed by atoms with E-state index >= 15 is 0 Å². The lowest BCUT2D eigenvalue weighted by molar-refractivity contribution is 0.102. The Labute approximate surface area is 131 Å². The molecule has 3 rings (SSSR count). The summed E-state index contributed by atoms with van der Waals surface area (Å²) < 4.78 is 1.05. The molecule has 0 N–H and O–H groups in total. The predicted octanol–water partition coefficient (Wildman–Crippen LogP) is 4.28. The van der Waals surface area contributed by atoms with Gasteiger partial charge >= 0.3 is 0 Å². The molecular formula is C16H14N2OS2. The molecule has 0 saturated heterocycles. The largest absolute Gasteiger partial charge is 0.293 e. The second-order valence-electron chi connectivity index (χ2n) is 4.82. The van der Waals surface area contributed by atoms with Gasteiger partial charge in [-0.25, -0.2) is 9.97 Å². The number of nitrogens with zero attached hydrogens (tertiary/aromatic N) is 2.